The van der Waals surface area contributed by atoms with Crippen molar-refractivity contribution in [3.8, 4) is 12.3 Å². The molecule has 0 aliphatic carbocycles. The fourth-order valence-electron chi connectivity index (χ4n) is 3.66. The predicted molar refractivity (Wildman–Crippen MR) is 113 cm³/mol. The van der Waals surface area contributed by atoms with Crippen molar-refractivity contribution in [2.45, 2.75) is 13.2 Å². The maximum atomic E-state index is 12.9. The van der Waals surface area contributed by atoms with Crippen LogP contribution >= 0.6 is 12.2 Å². The SMILES string of the molecule is C#CCN1CCN(Cn2nc3n(CC=C)c(=O)c4ccccc4n3c2=S)CC1. The smallest absolute Gasteiger partial charge is 0.263 e. The van der Waals surface area contributed by atoms with Crippen molar-refractivity contribution in [1.29, 1.82) is 0 Å². The number of nitrogens with zero attached hydrogens (tertiary/aromatic N) is 6. The van der Waals surface area contributed by atoms with Crippen molar-refractivity contribution in [2.24, 2.45) is 0 Å². The van der Waals surface area contributed by atoms with Gasteiger partial charge >= 0.3 is 0 Å². The highest BCUT2D eigenvalue weighted by Gasteiger charge is 2.19. The highest BCUT2D eigenvalue weighted by Crippen LogP contribution is 2.15. The molecule has 28 heavy (non-hydrogen) atoms. The topological polar surface area (TPSA) is 50.7 Å². The molecule has 1 saturated heterocycles. The molecule has 144 valence electrons. The van der Waals surface area contributed by atoms with E-state index >= 15 is 0 Å². The monoisotopic (exact) mass is 394 g/mol. The molecule has 0 radical (unpaired) electrons. The van der Waals surface area contributed by atoms with Crippen LogP contribution in [0.1, 0.15) is 0 Å². The highest BCUT2D eigenvalue weighted by atomic mass is 32.1. The fraction of sp³-hybridized carbons (Fsp3) is 0.350. The summed E-state index contributed by atoms with van der Waals surface area (Å²) in [6, 6.07) is 7.49. The van der Waals surface area contributed by atoms with Crippen LogP contribution in [-0.4, -0.2) is 61.3 Å². The molecular formula is C20H22N6OS. The molecule has 4 rings (SSSR count). The zero-order chi connectivity index (χ0) is 19.7. The molecule has 1 aliphatic rings. The first kappa shape index (κ1) is 18.6. The summed E-state index contributed by atoms with van der Waals surface area (Å²) in [5.41, 5.74) is 0.691. The fourth-order valence-corrected chi connectivity index (χ4v) is 3.94. The van der Waals surface area contributed by atoms with Crippen molar-refractivity contribution in [3.05, 3.63) is 52.0 Å². The lowest BCUT2D eigenvalue weighted by atomic mass is 10.2. The standard InChI is InChI=1S/C20H22N6OS/c1-3-9-22-11-13-23(14-12-22)15-25-20(28)26-17-8-6-5-7-16(17)18(27)24(10-4-2)19(26)21-25/h1,4-8H,2,9-15H2. The third-order valence-corrected chi connectivity index (χ3v) is 5.50. The summed E-state index contributed by atoms with van der Waals surface area (Å²) in [6.45, 7) is 9.07. The van der Waals surface area contributed by atoms with Gasteiger partial charge in [-0.15, -0.1) is 18.1 Å². The van der Waals surface area contributed by atoms with Crippen LogP contribution in [0.4, 0.5) is 0 Å². The van der Waals surface area contributed by atoms with E-state index in [0.29, 0.717) is 35.7 Å². The molecule has 7 nitrogen and oxygen atoms in total. The van der Waals surface area contributed by atoms with Gasteiger partial charge in [-0.3, -0.25) is 23.6 Å². The van der Waals surface area contributed by atoms with Gasteiger partial charge in [0.25, 0.3) is 5.56 Å². The molecule has 0 bridgehead atoms. The van der Waals surface area contributed by atoms with E-state index in [2.05, 4.69) is 22.3 Å². The zero-order valence-corrected chi connectivity index (χ0v) is 16.4. The molecule has 0 atom stereocenters. The molecule has 1 aromatic carbocycles. The van der Waals surface area contributed by atoms with Crippen LogP contribution < -0.4 is 5.56 Å². The van der Waals surface area contributed by atoms with Gasteiger partial charge in [0, 0.05) is 32.7 Å². The Balaban J connectivity index is 1.76. The van der Waals surface area contributed by atoms with Crippen LogP contribution in [0.15, 0.2) is 41.7 Å². The number of benzene rings is 1. The summed E-state index contributed by atoms with van der Waals surface area (Å²) in [6.07, 6.45) is 7.10. The largest absolute Gasteiger partial charge is 0.290 e. The molecule has 0 spiro atoms. The van der Waals surface area contributed by atoms with E-state index in [1.54, 1.807) is 15.3 Å². The van der Waals surface area contributed by atoms with Gasteiger partial charge < -0.3 is 0 Å². The van der Waals surface area contributed by atoms with Crippen molar-refractivity contribution in [3.63, 3.8) is 0 Å². The second-order valence-electron chi connectivity index (χ2n) is 6.88. The van der Waals surface area contributed by atoms with Crippen LogP contribution in [0.3, 0.4) is 0 Å². The Morgan fingerprint density at radius 2 is 1.93 bits per heavy atom. The average molecular weight is 395 g/mol. The Bertz CT molecular complexity index is 1190. The second-order valence-corrected chi connectivity index (χ2v) is 7.24. The molecule has 0 amide bonds. The minimum absolute atomic E-state index is 0.0851. The summed E-state index contributed by atoms with van der Waals surface area (Å²) in [4.78, 5) is 17.5. The van der Waals surface area contributed by atoms with Gasteiger partial charge in [0.2, 0.25) is 10.5 Å². The van der Waals surface area contributed by atoms with Gasteiger partial charge in [-0.2, -0.15) is 0 Å². The summed E-state index contributed by atoms with van der Waals surface area (Å²) in [7, 11) is 0. The van der Waals surface area contributed by atoms with E-state index < -0.39 is 0 Å². The number of terminal acetylenes is 1. The molecule has 1 fully saturated rings. The number of para-hydroxylation sites is 1. The maximum Gasteiger partial charge on any atom is 0.263 e. The number of allylic oxidation sites excluding steroid dienone is 1. The average Bonchev–Trinajstić information content (AvgIpc) is 3.03. The molecule has 0 saturated carbocycles. The lowest BCUT2D eigenvalue weighted by molar-refractivity contribution is 0.111. The van der Waals surface area contributed by atoms with E-state index in [9.17, 15) is 4.79 Å². The Labute approximate surface area is 168 Å². The number of piperazine rings is 1. The first-order chi connectivity index (χ1) is 13.6. The molecule has 3 aromatic rings. The normalized spacial score (nSPS) is 15.8. The van der Waals surface area contributed by atoms with Gasteiger partial charge in [-0.25, -0.2) is 4.68 Å². The van der Waals surface area contributed by atoms with Crippen molar-refractivity contribution in [1.82, 2.24) is 28.5 Å². The minimum atomic E-state index is -0.0851. The summed E-state index contributed by atoms with van der Waals surface area (Å²) < 4.78 is 5.87. The van der Waals surface area contributed by atoms with E-state index in [1.807, 2.05) is 28.7 Å². The molecular weight excluding hydrogens is 372 g/mol. The lowest BCUT2D eigenvalue weighted by Gasteiger charge is -2.33. The van der Waals surface area contributed by atoms with Crippen LogP contribution in [0, 0.1) is 17.1 Å². The second kappa shape index (κ2) is 7.72. The van der Waals surface area contributed by atoms with Gasteiger partial charge in [-0.05, 0) is 24.4 Å². The molecule has 8 heteroatoms. The van der Waals surface area contributed by atoms with E-state index in [-0.39, 0.29) is 5.56 Å². The summed E-state index contributed by atoms with van der Waals surface area (Å²) in [5.74, 6) is 3.24. The molecule has 3 heterocycles. The third-order valence-electron chi connectivity index (χ3n) is 5.11. The molecule has 0 N–H and O–H groups in total. The Hall–Kier alpha value is -2.73. The summed E-state index contributed by atoms with van der Waals surface area (Å²) >= 11 is 5.73. The first-order valence-electron chi connectivity index (χ1n) is 9.24. The van der Waals surface area contributed by atoms with Gasteiger partial charge in [0.05, 0.1) is 24.1 Å². The number of aromatic nitrogens is 4. The van der Waals surface area contributed by atoms with Crippen LogP contribution in [-0.2, 0) is 13.2 Å². The van der Waals surface area contributed by atoms with Gasteiger partial charge in [0.1, 0.15) is 0 Å². The van der Waals surface area contributed by atoms with E-state index in [1.165, 1.54) is 0 Å². The van der Waals surface area contributed by atoms with Crippen LogP contribution in [0.25, 0.3) is 16.7 Å². The van der Waals surface area contributed by atoms with Crippen molar-refractivity contribution < 1.29 is 0 Å². The number of hydrogen-bond acceptors (Lipinski definition) is 5. The summed E-state index contributed by atoms with van der Waals surface area (Å²) in [5, 5.41) is 5.32. The number of rotatable bonds is 5. The lowest BCUT2D eigenvalue weighted by Crippen LogP contribution is -2.46. The van der Waals surface area contributed by atoms with Gasteiger partial charge in [0.15, 0.2) is 0 Å². The van der Waals surface area contributed by atoms with Crippen LogP contribution in [0.2, 0.25) is 0 Å². The molecule has 1 aliphatic heterocycles. The third kappa shape index (κ3) is 3.18. The quantitative estimate of drug-likeness (QED) is 0.374. The van der Waals surface area contributed by atoms with Gasteiger partial charge in [-0.1, -0.05) is 24.1 Å². The number of hydrogen-bond donors (Lipinski definition) is 0. The highest BCUT2D eigenvalue weighted by molar-refractivity contribution is 7.71. The zero-order valence-electron chi connectivity index (χ0n) is 15.6. The predicted octanol–water partition coefficient (Wildman–Crippen LogP) is 1.57. The minimum Gasteiger partial charge on any atom is -0.290 e. The Morgan fingerprint density at radius 1 is 1.21 bits per heavy atom. The first-order valence-corrected chi connectivity index (χ1v) is 9.65. The van der Waals surface area contributed by atoms with Crippen LogP contribution in [0.5, 0.6) is 0 Å². The molecule has 2 aromatic heterocycles. The Kier molecular flexibility index (Phi) is 5.13. The van der Waals surface area contributed by atoms with E-state index in [0.717, 1.165) is 31.7 Å². The van der Waals surface area contributed by atoms with Crippen molar-refractivity contribution >= 4 is 28.9 Å². The maximum absolute atomic E-state index is 12.9. The van der Waals surface area contributed by atoms with E-state index in [4.69, 9.17) is 23.7 Å². The van der Waals surface area contributed by atoms with Crippen molar-refractivity contribution in [2.75, 3.05) is 32.7 Å². The Morgan fingerprint density at radius 3 is 2.64 bits per heavy atom. The molecule has 0 unspecified atom stereocenters. The number of fused-ring (bicyclic) bond motifs is 3.